The van der Waals surface area contributed by atoms with Crippen LogP contribution in [0.5, 0.6) is 11.5 Å². The van der Waals surface area contributed by atoms with Crippen molar-refractivity contribution in [3.8, 4) is 22.2 Å². The molecule has 1 atom stereocenters. The minimum Gasteiger partial charge on any atom is -0.497 e. The molecule has 1 amide bonds. The molecule has 9 nitrogen and oxygen atoms in total. The molecule has 1 aliphatic heterocycles. The average molecular weight is 620 g/mol. The first-order valence-corrected chi connectivity index (χ1v) is 15.5. The second-order valence-corrected chi connectivity index (χ2v) is 12.5. The fourth-order valence-corrected chi connectivity index (χ4v) is 7.19. The van der Waals surface area contributed by atoms with Crippen LogP contribution in [0.2, 0.25) is 0 Å². The summed E-state index contributed by atoms with van der Waals surface area (Å²) in [6.45, 7) is 2.96. The number of carbonyl (C=O) groups excluding carboxylic acids is 1. The molecule has 0 saturated carbocycles. The van der Waals surface area contributed by atoms with Gasteiger partial charge in [-0.05, 0) is 43.5 Å². The van der Waals surface area contributed by atoms with E-state index in [0.717, 1.165) is 16.9 Å². The highest BCUT2D eigenvalue weighted by Gasteiger charge is 2.33. The Bertz CT molecular complexity index is 1850. The van der Waals surface area contributed by atoms with Gasteiger partial charge in [0.2, 0.25) is 5.91 Å². The molecule has 1 fully saturated rings. The molecule has 2 aromatic carbocycles. The van der Waals surface area contributed by atoms with Gasteiger partial charge in [0.25, 0.3) is 5.56 Å². The van der Waals surface area contributed by atoms with Crippen molar-refractivity contribution in [2.24, 2.45) is 0 Å². The van der Waals surface area contributed by atoms with Crippen LogP contribution in [-0.2, 0) is 17.9 Å². The summed E-state index contributed by atoms with van der Waals surface area (Å²) in [6.07, 6.45) is 1.50. The maximum atomic E-state index is 15.1. The van der Waals surface area contributed by atoms with Gasteiger partial charge in [-0.1, -0.05) is 41.7 Å². The van der Waals surface area contributed by atoms with Crippen LogP contribution in [0.4, 0.5) is 9.52 Å². The number of methoxy groups -OCH3 is 2. The van der Waals surface area contributed by atoms with Crippen LogP contribution in [0, 0.1) is 12.7 Å². The molecule has 0 spiro atoms. The first-order chi connectivity index (χ1) is 20.9. The van der Waals surface area contributed by atoms with Gasteiger partial charge in [-0.2, -0.15) is 0 Å². The largest absolute Gasteiger partial charge is 0.497 e. The Hall–Kier alpha value is -4.29. The summed E-state index contributed by atoms with van der Waals surface area (Å²) in [5.74, 6) is 0.831. The minimum atomic E-state index is -0.441. The van der Waals surface area contributed by atoms with E-state index >= 15 is 4.39 Å². The lowest BCUT2D eigenvalue weighted by atomic mass is 10.2. The van der Waals surface area contributed by atoms with E-state index in [9.17, 15) is 9.59 Å². The lowest BCUT2D eigenvalue weighted by Gasteiger charge is -2.23. The standard InChI is InChI=1S/C31H30FN5O4S2/c1-18-14-22(32)26(42-18)27-35-29-25(30(39)37(27)17-20-11-12-21(40-2)15-24(20)41-3)34-31(43-29)36-13-7-10-23(36)28(38)33-16-19-8-5-4-6-9-19/h4-6,8-9,11-12,14-15,23H,7,10,13,16-17H2,1-3H3,(H,33,38)/t23-/m1/s1. The van der Waals surface area contributed by atoms with Gasteiger partial charge < -0.3 is 19.7 Å². The molecule has 5 aromatic rings. The number of rotatable bonds is 9. The van der Waals surface area contributed by atoms with Gasteiger partial charge in [-0.25, -0.2) is 14.4 Å². The quantitative estimate of drug-likeness (QED) is 0.237. The van der Waals surface area contributed by atoms with Gasteiger partial charge in [0.05, 0.1) is 20.8 Å². The lowest BCUT2D eigenvalue weighted by molar-refractivity contribution is -0.122. The SMILES string of the molecule is COc1ccc(Cn2c(-c3sc(C)cc3F)nc3sc(N4CCC[C@@H]4C(=O)NCc4ccccc4)nc3c2=O)c(OC)c1. The summed E-state index contributed by atoms with van der Waals surface area (Å²) in [4.78, 5) is 40.2. The zero-order chi connectivity index (χ0) is 30.1. The highest BCUT2D eigenvalue weighted by molar-refractivity contribution is 7.21. The number of halogens is 1. The number of anilines is 1. The Morgan fingerprint density at radius 2 is 1.91 bits per heavy atom. The highest BCUT2D eigenvalue weighted by atomic mass is 32.1. The van der Waals surface area contributed by atoms with Crippen molar-refractivity contribution >= 4 is 44.1 Å². The van der Waals surface area contributed by atoms with Crippen molar-refractivity contribution in [3.63, 3.8) is 0 Å². The van der Waals surface area contributed by atoms with Gasteiger partial charge >= 0.3 is 0 Å². The number of aromatic nitrogens is 3. The summed E-state index contributed by atoms with van der Waals surface area (Å²) in [5, 5.41) is 3.58. The summed E-state index contributed by atoms with van der Waals surface area (Å²) in [5.41, 5.74) is 1.50. The van der Waals surface area contributed by atoms with Gasteiger partial charge in [-0.15, -0.1) is 11.3 Å². The fourth-order valence-electron chi connectivity index (χ4n) is 5.30. The van der Waals surface area contributed by atoms with E-state index in [1.807, 2.05) is 48.2 Å². The van der Waals surface area contributed by atoms with Crippen LogP contribution in [0.25, 0.3) is 21.0 Å². The maximum Gasteiger partial charge on any atom is 0.281 e. The predicted octanol–water partition coefficient (Wildman–Crippen LogP) is 5.38. The predicted molar refractivity (Wildman–Crippen MR) is 167 cm³/mol. The van der Waals surface area contributed by atoms with E-state index < -0.39 is 17.4 Å². The molecular weight excluding hydrogens is 590 g/mol. The maximum absolute atomic E-state index is 15.1. The summed E-state index contributed by atoms with van der Waals surface area (Å²) >= 11 is 2.48. The van der Waals surface area contributed by atoms with Crippen LogP contribution in [0.1, 0.15) is 28.8 Å². The smallest absolute Gasteiger partial charge is 0.281 e. The number of thiazole rings is 1. The lowest BCUT2D eigenvalue weighted by Crippen LogP contribution is -2.43. The molecule has 0 bridgehead atoms. The Morgan fingerprint density at radius 1 is 1.09 bits per heavy atom. The van der Waals surface area contributed by atoms with Gasteiger partial charge in [-0.3, -0.25) is 14.2 Å². The number of fused-ring (bicyclic) bond motifs is 1. The van der Waals surface area contributed by atoms with Crippen LogP contribution in [0.3, 0.4) is 0 Å². The van der Waals surface area contributed by atoms with E-state index in [1.165, 1.54) is 33.3 Å². The monoisotopic (exact) mass is 619 g/mol. The number of nitrogens with zero attached hydrogens (tertiary/aromatic N) is 4. The van der Waals surface area contributed by atoms with Crippen molar-refractivity contribution in [1.82, 2.24) is 19.9 Å². The van der Waals surface area contributed by atoms with Crippen molar-refractivity contribution in [1.29, 1.82) is 0 Å². The third-order valence-electron chi connectivity index (χ3n) is 7.46. The van der Waals surface area contributed by atoms with Crippen molar-refractivity contribution in [3.05, 3.63) is 86.8 Å². The number of ether oxygens (including phenoxy) is 2. The molecule has 222 valence electrons. The number of benzene rings is 2. The molecule has 1 aliphatic rings. The number of hydrogen-bond acceptors (Lipinski definition) is 9. The molecule has 12 heteroatoms. The summed E-state index contributed by atoms with van der Waals surface area (Å²) < 4.78 is 27.5. The Kier molecular flexibility index (Phi) is 8.13. The molecule has 1 saturated heterocycles. The first-order valence-electron chi connectivity index (χ1n) is 13.8. The normalized spacial score (nSPS) is 14.8. The van der Waals surface area contributed by atoms with Crippen LogP contribution in [-0.4, -0.2) is 47.2 Å². The third kappa shape index (κ3) is 5.72. The Labute approximate surface area is 255 Å². The number of hydrogen-bond donors (Lipinski definition) is 1. The van der Waals surface area contributed by atoms with Gasteiger partial charge in [0.1, 0.15) is 28.2 Å². The highest BCUT2D eigenvalue weighted by Crippen LogP contribution is 2.36. The van der Waals surface area contributed by atoms with E-state index in [1.54, 1.807) is 26.4 Å². The van der Waals surface area contributed by atoms with Gasteiger partial charge in [0, 0.05) is 29.6 Å². The molecular formula is C31H30FN5O4S2. The molecule has 43 heavy (non-hydrogen) atoms. The van der Waals surface area contributed by atoms with Gasteiger partial charge in [0.15, 0.2) is 21.3 Å². The topological polar surface area (TPSA) is 98.6 Å². The first kappa shape index (κ1) is 28.8. The number of nitrogens with one attached hydrogen (secondary N) is 1. The number of carbonyl (C=O) groups is 1. The van der Waals surface area contributed by atoms with Crippen LogP contribution < -0.4 is 25.2 Å². The zero-order valence-electron chi connectivity index (χ0n) is 23.9. The molecule has 3 aromatic heterocycles. The minimum absolute atomic E-state index is 0.0851. The fraction of sp³-hybridized carbons (Fsp3) is 0.290. The molecule has 4 heterocycles. The zero-order valence-corrected chi connectivity index (χ0v) is 25.6. The molecule has 1 N–H and O–H groups in total. The van der Waals surface area contributed by atoms with Crippen molar-refractivity contribution in [2.45, 2.75) is 38.9 Å². The molecule has 0 aliphatic carbocycles. The molecule has 0 radical (unpaired) electrons. The van der Waals surface area contributed by atoms with Crippen molar-refractivity contribution < 1.29 is 18.7 Å². The summed E-state index contributed by atoms with van der Waals surface area (Å²) in [6, 6.07) is 16.1. The number of amides is 1. The third-order valence-corrected chi connectivity index (χ3v) is 9.46. The Morgan fingerprint density at radius 3 is 2.63 bits per heavy atom. The second-order valence-electron chi connectivity index (χ2n) is 10.2. The molecule has 6 rings (SSSR count). The average Bonchev–Trinajstić information content (AvgIpc) is 3.76. The Balaban J connectivity index is 1.39. The van der Waals surface area contributed by atoms with E-state index in [0.29, 0.717) is 46.5 Å². The van der Waals surface area contributed by atoms with Crippen molar-refractivity contribution in [2.75, 3.05) is 25.7 Å². The van der Waals surface area contributed by atoms with E-state index in [2.05, 4.69) is 5.32 Å². The van der Waals surface area contributed by atoms with E-state index in [4.69, 9.17) is 19.4 Å². The van der Waals surface area contributed by atoms with E-state index in [-0.39, 0.29) is 28.7 Å². The van der Waals surface area contributed by atoms with Crippen LogP contribution in [0.15, 0.2) is 59.4 Å². The summed E-state index contributed by atoms with van der Waals surface area (Å²) in [7, 11) is 3.11. The van der Waals surface area contributed by atoms with Crippen LogP contribution >= 0.6 is 22.7 Å². The number of thiophene rings is 1. The second kappa shape index (κ2) is 12.1. The molecule has 0 unspecified atom stereocenters. The number of aryl methyl sites for hydroxylation is 1.